The molecular formula is C20H38N2O2. The fourth-order valence-electron chi connectivity index (χ4n) is 3.31. The van der Waals surface area contributed by atoms with Gasteiger partial charge in [-0.25, -0.2) is 0 Å². The van der Waals surface area contributed by atoms with Crippen LogP contribution in [0.4, 0.5) is 0 Å². The van der Waals surface area contributed by atoms with Crippen LogP contribution in [0, 0.1) is 0 Å². The van der Waals surface area contributed by atoms with Crippen molar-refractivity contribution in [3.63, 3.8) is 0 Å². The van der Waals surface area contributed by atoms with Crippen LogP contribution in [-0.4, -0.2) is 59.5 Å². The minimum Gasteiger partial charge on any atom is -0.389 e. The Hall–Kier alpha value is -0.680. The lowest BCUT2D eigenvalue weighted by Crippen LogP contribution is -2.39. The van der Waals surface area contributed by atoms with Gasteiger partial charge in [-0.2, -0.15) is 0 Å². The number of allylic oxidation sites excluding steroid dienone is 1. The first-order valence-corrected chi connectivity index (χ1v) is 9.86. The average Bonchev–Trinajstić information content (AvgIpc) is 2.82. The quantitative estimate of drug-likeness (QED) is 0.625. The Morgan fingerprint density at radius 1 is 1.29 bits per heavy atom. The highest BCUT2D eigenvalue weighted by atomic mass is 16.3. The van der Waals surface area contributed by atoms with Gasteiger partial charge < -0.3 is 20.4 Å². The first kappa shape index (κ1) is 21.4. The Labute approximate surface area is 148 Å². The number of hydrogen-bond donors (Lipinski definition) is 3. The summed E-state index contributed by atoms with van der Waals surface area (Å²) in [5.41, 5.74) is 0.925. The van der Waals surface area contributed by atoms with Crippen LogP contribution in [0.2, 0.25) is 0 Å². The molecule has 2 rings (SSSR count). The molecule has 24 heavy (non-hydrogen) atoms. The second-order valence-electron chi connectivity index (χ2n) is 6.66. The van der Waals surface area contributed by atoms with Crippen LogP contribution in [-0.2, 0) is 0 Å². The second kappa shape index (κ2) is 12.6. The highest BCUT2D eigenvalue weighted by Gasteiger charge is 2.17. The molecule has 0 aromatic rings. The zero-order valence-electron chi connectivity index (χ0n) is 15.9. The summed E-state index contributed by atoms with van der Waals surface area (Å²) in [5, 5.41) is 23.1. The van der Waals surface area contributed by atoms with E-state index in [2.05, 4.69) is 17.1 Å². The highest BCUT2D eigenvalue weighted by molar-refractivity contribution is 5.25. The molecule has 1 fully saturated rings. The van der Waals surface area contributed by atoms with E-state index in [1.165, 1.54) is 25.8 Å². The molecule has 1 aliphatic heterocycles. The van der Waals surface area contributed by atoms with Gasteiger partial charge in [0.2, 0.25) is 0 Å². The lowest BCUT2D eigenvalue weighted by Gasteiger charge is -2.33. The van der Waals surface area contributed by atoms with E-state index in [0.717, 1.165) is 44.0 Å². The molecule has 3 unspecified atom stereocenters. The van der Waals surface area contributed by atoms with Gasteiger partial charge in [-0.05, 0) is 64.2 Å². The maximum Gasteiger partial charge on any atom is 0.0911 e. The second-order valence-corrected chi connectivity index (χ2v) is 6.66. The summed E-state index contributed by atoms with van der Waals surface area (Å²) in [6.07, 6.45) is 11.6. The molecular weight excluding hydrogens is 300 g/mol. The van der Waals surface area contributed by atoms with E-state index >= 15 is 0 Å². The smallest absolute Gasteiger partial charge is 0.0911 e. The molecule has 2 aliphatic rings. The number of likely N-dealkylation sites (tertiary alicyclic amines) is 1. The van der Waals surface area contributed by atoms with E-state index in [4.69, 9.17) is 0 Å². The lowest BCUT2D eigenvalue weighted by molar-refractivity contribution is 0.157. The van der Waals surface area contributed by atoms with Gasteiger partial charge in [-0.15, -0.1) is 0 Å². The first-order valence-electron chi connectivity index (χ1n) is 9.86. The number of aliphatic hydroxyl groups excluding tert-OH is 2. The molecule has 140 valence electrons. The van der Waals surface area contributed by atoms with Gasteiger partial charge in [-0.1, -0.05) is 38.5 Å². The summed E-state index contributed by atoms with van der Waals surface area (Å²) in [6, 6.07) is 0.729. The van der Waals surface area contributed by atoms with Crippen LogP contribution in [0.5, 0.6) is 0 Å². The highest BCUT2D eigenvalue weighted by Crippen LogP contribution is 2.16. The Balaban J connectivity index is 0.00000139. The third-order valence-electron chi connectivity index (χ3n) is 4.82. The lowest BCUT2D eigenvalue weighted by atomic mass is 10.0. The van der Waals surface area contributed by atoms with Crippen molar-refractivity contribution in [3.8, 4) is 0 Å². The molecule has 3 N–H and O–H groups in total. The fourth-order valence-corrected chi connectivity index (χ4v) is 3.31. The van der Waals surface area contributed by atoms with Gasteiger partial charge in [0.1, 0.15) is 0 Å². The van der Waals surface area contributed by atoms with E-state index in [1.54, 1.807) is 6.08 Å². The van der Waals surface area contributed by atoms with Gasteiger partial charge in [0.05, 0.1) is 12.2 Å². The monoisotopic (exact) mass is 338 g/mol. The van der Waals surface area contributed by atoms with E-state index in [1.807, 2.05) is 26.0 Å². The van der Waals surface area contributed by atoms with Crippen LogP contribution in [0.1, 0.15) is 59.3 Å². The molecule has 0 radical (unpaired) electrons. The van der Waals surface area contributed by atoms with Crippen LogP contribution in [0.3, 0.4) is 0 Å². The zero-order chi connectivity index (χ0) is 17.8. The first-order chi connectivity index (χ1) is 11.7. The third kappa shape index (κ3) is 7.93. The fraction of sp³-hybridized carbons (Fsp3) is 0.800. The molecule has 1 aliphatic carbocycles. The molecule has 3 atom stereocenters. The van der Waals surface area contributed by atoms with E-state index in [9.17, 15) is 10.2 Å². The summed E-state index contributed by atoms with van der Waals surface area (Å²) in [5.74, 6) is 0. The third-order valence-corrected chi connectivity index (χ3v) is 4.82. The van der Waals surface area contributed by atoms with Gasteiger partial charge in [0.15, 0.2) is 0 Å². The maximum absolute atomic E-state index is 10.2. The van der Waals surface area contributed by atoms with Crippen molar-refractivity contribution in [2.45, 2.75) is 77.5 Å². The molecule has 0 aromatic carbocycles. The van der Waals surface area contributed by atoms with Crippen molar-refractivity contribution in [3.05, 3.63) is 23.8 Å². The van der Waals surface area contributed by atoms with Gasteiger partial charge in [0.25, 0.3) is 0 Å². The Bertz CT molecular complexity index is 382. The Morgan fingerprint density at radius 3 is 2.83 bits per heavy atom. The van der Waals surface area contributed by atoms with Crippen molar-refractivity contribution in [1.82, 2.24) is 10.2 Å². The number of rotatable bonds is 7. The molecule has 0 aromatic heterocycles. The molecule has 0 bridgehead atoms. The van der Waals surface area contributed by atoms with Crippen molar-refractivity contribution < 1.29 is 10.2 Å². The molecule has 4 heteroatoms. The molecule has 0 amide bonds. The van der Waals surface area contributed by atoms with Crippen molar-refractivity contribution >= 4 is 0 Å². The Morgan fingerprint density at radius 2 is 2.08 bits per heavy atom. The largest absolute Gasteiger partial charge is 0.389 e. The van der Waals surface area contributed by atoms with E-state index < -0.39 is 6.10 Å². The summed E-state index contributed by atoms with van der Waals surface area (Å²) in [4.78, 5) is 2.58. The van der Waals surface area contributed by atoms with Crippen molar-refractivity contribution in [1.29, 1.82) is 0 Å². The standard InChI is InChI=1S/C18H32N2O2.C2H6/c1-15-6-2-3-12-20(15)13-5-11-19-14-18(22)16-7-4-8-17(21)10-9-16;1-2/h7,9-10,15,17-19,21-22H,2-6,8,11-14H2,1H3;1-2H3. The van der Waals surface area contributed by atoms with Crippen LogP contribution < -0.4 is 5.32 Å². The van der Waals surface area contributed by atoms with Crippen molar-refractivity contribution in [2.24, 2.45) is 0 Å². The van der Waals surface area contributed by atoms with E-state index in [-0.39, 0.29) is 6.10 Å². The van der Waals surface area contributed by atoms with Gasteiger partial charge in [0, 0.05) is 12.6 Å². The SMILES string of the molecule is CC.CC1CCCCN1CCCNCC(O)C1=CCCC(O)C=C1. The van der Waals surface area contributed by atoms with E-state index in [0.29, 0.717) is 6.54 Å². The number of piperidine rings is 1. The minimum absolute atomic E-state index is 0.375. The van der Waals surface area contributed by atoms with Gasteiger partial charge in [-0.3, -0.25) is 0 Å². The predicted molar refractivity (Wildman–Crippen MR) is 102 cm³/mol. The number of hydrogen-bond acceptors (Lipinski definition) is 4. The summed E-state index contributed by atoms with van der Waals surface area (Å²) in [7, 11) is 0. The Kier molecular flexibility index (Phi) is 11.3. The van der Waals surface area contributed by atoms with Crippen LogP contribution in [0.15, 0.2) is 23.8 Å². The normalized spacial score (nSPS) is 26.1. The predicted octanol–water partition coefficient (Wildman–Crippen LogP) is 2.86. The summed E-state index contributed by atoms with van der Waals surface area (Å²) in [6.45, 7) is 10.3. The van der Waals surface area contributed by atoms with Crippen LogP contribution >= 0.6 is 0 Å². The average molecular weight is 339 g/mol. The van der Waals surface area contributed by atoms with Crippen molar-refractivity contribution in [2.75, 3.05) is 26.2 Å². The molecule has 1 heterocycles. The minimum atomic E-state index is -0.476. The van der Waals surface area contributed by atoms with Gasteiger partial charge >= 0.3 is 0 Å². The summed E-state index contributed by atoms with van der Waals surface area (Å²) < 4.78 is 0. The topological polar surface area (TPSA) is 55.7 Å². The molecule has 4 nitrogen and oxygen atoms in total. The number of nitrogens with one attached hydrogen (secondary N) is 1. The summed E-state index contributed by atoms with van der Waals surface area (Å²) >= 11 is 0. The molecule has 1 saturated heterocycles. The maximum atomic E-state index is 10.2. The molecule has 0 spiro atoms. The van der Waals surface area contributed by atoms with Crippen LogP contribution in [0.25, 0.3) is 0 Å². The number of nitrogens with zero attached hydrogens (tertiary/aromatic N) is 1. The molecule has 0 saturated carbocycles. The zero-order valence-corrected chi connectivity index (χ0v) is 15.9. The number of aliphatic hydroxyl groups is 2.